The number of likely N-dealkylation sites (N-methyl/N-ethyl adjacent to an activating group) is 1. The molecule has 1 saturated heterocycles. The number of thioether (sulfide) groups is 1. The van der Waals surface area contributed by atoms with Gasteiger partial charge in [0, 0.05) is 31.7 Å². The number of para-hydroxylation sites is 2. The highest BCUT2D eigenvalue weighted by molar-refractivity contribution is 7.98. The molecule has 1 aliphatic carbocycles. The summed E-state index contributed by atoms with van der Waals surface area (Å²) in [6, 6.07) is 8.17. The van der Waals surface area contributed by atoms with Crippen LogP contribution in [0.15, 0.2) is 35.5 Å². The lowest BCUT2D eigenvalue weighted by atomic mass is 9.90. The smallest absolute Gasteiger partial charge is 0.407 e. The van der Waals surface area contributed by atoms with Crippen LogP contribution in [0, 0.1) is 0 Å². The molecule has 2 fully saturated rings. The number of amides is 2. The number of nitrogens with one attached hydrogen (secondary N) is 1. The lowest BCUT2D eigenvalue weighted by Crippen LogP contribution is -2.46. The fourth-order valence-electron chi connectivity index (χ4n) is 5.41. The van der Waals surface area contributed by atoms with Crippen molar-refractivity contribution in [2.45, 2.75) is 61.8 Å². The second kappa shape index (κ2) is 10.7. The Balaban J connectivity index is 1.31. The molecule has 1 aromatic carbocycles. The van der Waals surface area contributed by atoms with Gasteiger partial charge >= 0.3 is 6.09 Å². The summed E-state index contributed by atoms with van der Waals surface area (Å²) in [5.41, 5.74) is 1.01. The second-order valence-corrected chi connectivity index (χ2v) is 10.3. The van der Waals surface area contributed by atoms with Gasteiger partial charge in [0.1, 0.15) is 17.7 Å². The van der Waals surface area contributed by atoms with Crippen LogP contribution in [-0.2, 0) is 4.79 Å². The molecule has 10 nitrogen and oxygen atoms in total. The van der Waals surface area contributed by atoms with Crippen LogP contribution in [0.25, 0.3) is 16.9 Å². The molecule has 13 heteroatoms. The van der Waals surface area contributed by atoms with Crippen molar-refractivity contribution in [1.82, 2.24) is 29.3 Å². The van der Waals surface area contributed by atoms with E-state index >= 15 is 0 Å². The SMILES string of the molecule is CSc1nc(N[C@H]2CC[C@H](N3CC[C@@H](N(C)C(=O)O)C3=O)CC2)cc(-n2c(C(F)F)nc3ccccc32)n1. The highest BCUT2D eigenvalue weighted by Gasteiger charge is 2.40. The maximum atomic E-state index is 13.9. The van der Waals surface area contributed by atoms with Crippen molar-refractivity contribution in [1.29, 1.82) is 0 Å². The molecule has 1 atom stereocenters. The van der Waals surface area contributed by atoms with Crippen molar-refractivity contribution in [2.75, 3.05) is 25.2 Å². The van der Waals surface area contributed by atoms with Crippen LogP contribution in [0.1, 0.15) is 44.4 Å². The standard InChI is InChI=1S/C25H29F2N7O3S/c1-32(25(36)37)18-11-12-33(23(18)35)15-9-7-14(8-10-15)28-19-13-20(31-24(30-19)38-2)34-17-6-4-3-5-16(17)29-22(34)21(26)27/h3-6,13-15,18,21H,7-12H2,1-2H3,(H,36,37)(H,28,30,31)/t14-,15-,18-/m1/s1. The van der Waals surface area contributed by atoms with Crippen LogP contribution in [0.3, 0.4) is 0 Å². The van der Waals surface area contributed by atoms with Gasteiger partial charge in [-0.05, 0) is 50.5 Å². The van der Waals surface area contributed by atoms with Crippen LogP contribution < -0.4 is 5.32 Å². The van der Waals surface area contributed by atoms with E-state index in [2.05, 4.69) is 20.3 Å². The minimum Gasteiger partial charge on any atom is -0.465 e. The molecule has 1 saturated carbocycles. The minimum atomic E-state index is -2.77. The van der Waals surface area contributed by atoms with Gasteiger partial charge in [-0.1, -0.05) is 23.9 Å². The molecule has 3 heterocycles. The maximum absolute atomic E-state index is 13.9. The van der Waals surface area contributed by atoms with E-state index in [-0.39, 0.29) is 23.8 Å². The van der Waals surface area contributed by atoms with E-state index in [0.29, 0.717) is 40.8 Å². The lowest BCUT2D eigenvalue weighted by molar-refractivity contribution is -0.133. The highest BCUT2D eigenvalue weighted by Crippen LogP contribution is 2.32. The quantitative estimate of drug-likeness (QED) is 0.331. The third-order valence-corrected chi connectivity index (χ3v) is 7.90. The first-order valence-corrected chi connectivity index (χ1v) is 13.7. The molecule has 5 rings (SSSR count). The van der Waals surface area contributed by atoms with Crippen molar-refractivity contribution >= 4 is 40.6 Å². The summed E-state index contributed by atoms with van der Waals surface area (Å²) in [5, 5.41) is 13.1. The topological polar surface area (TPSA) is 116 Å². The van der Waals surface area contributed by atoms with E-state index < -0.39 is 18.6 Å². The largest absolute Gasteiger partial charge is 0.465 e. The number of carbonyl (C=O) groups excluding carboxylic acids is 1. The number of carbonyl (C=O) groups is 2. The van der Waals surface area contributed by atoms with E-state index in [9.17, 15) is 23.5 Å². The third-order valence-electron chi connectivity index (χ3n) is 7.36. The van der Waals surface area contributed by atoms with E-state index in [0.717, 1.165) is 30.6 Å². The number of anilines is 1. The highest BCUT2D eigenvalue weighted by atomic mass is 32.2. The van der Waals surface area contributed by atoms with Crippen molar-refractivity contribution in [2.24, 2.45) is 0 Å². The number of likely N-dealkylation sites (tertiary alicyclic amines) is 1. The van der Waals surface area contributed by atoms with Gasteiger partial charge < -0.3 is 15.3 Å². The molecule has 2 amide bonds. The number of benzene rings is 1. The molecule has 1 aliphatic heterocycles. The first-order chi connectivity index (χ1) is 18.3. The van der Waals surface area contributed by atoms with Crippen molar-refractivity contribution in [3.05, 3.63) is 36.2 Å². The lowest BCUT2D eigenvalue weighted by Gasteiger charge is -2.35. The van der Waals surface area contributed by atoms with Crippen LogP contribution >= 0.6 is 11.8 Å². The van der Waals surface area contributed by atoms with E-state index in [1.807, 2.05) is 11.2 Å². The van der Waals surface area contributed by atoms with Crippen molar-refractivity contribution in [3.8, 4) is 5.82 Å². The van der Waals surface area contributed by atoms with Gasteiger partial charge in [0.05, 0.1) is 11.0 Å². The Morgan fingerprint density at radius 3 is 2.58 bits per heavy atom. The van der Waals surface area contributed by atoms with Crippen LogP contribution in [0.2, 0.25) is 0 Å². The molecule has 0 bridgehead atoms. The van der Waals surface area contributed by atoms with Gasteiger partial charge in [0.15, 0.2) is 11.0 Å². The van der Waals surface area contributed by atoms with Gasteiger partial charge in [0.2, 0.25) is 5.91 Å². The molecule has 202 valence electrons. The van der Waals surface area contributed by atoms with Crippen LogP contribution in [0.4, 0.5) is 19.4 Å². The summed E-state index contributed by atoms with van der Waals surface area (Å²) in [5.74, 6) is 0.367. The molecule has 0 spiro atoms. The van der Waals surface area contributed by atoms with Crippen molar-refractivity contribution < 1.29 is 23.5 Å². The molecule has 3 aromatic rings. The number of imidazole rings is 1. The maximum Gasteiger partial charge on any atom is 0.407 e. The Morgan fingerprint density at radius 1 is 1.16 bits per heavy atom. The average Bonchev–Trinajstić information content (AvgIpc) is 3.49. The second-order valence-electron chi connectivity index (χ2n) is 9.57. The Bertz CT molecular complexity index is 1350. The summed E-state index contributed by atoms with van der Waals surface area (Å²) < 4.78 is 29.2. The predicted molar refractivity (Wildman–Crippen MR) is 139 cm³/mol. The number of hydrogen-bond donors (Lipinski definition) is 2. The number of hydrogen-bond acceptors (Lipinski definition) is 7. The Labute approximate surface area is 222 Å². The predicted octanol–water partition coefficient (Wildman–Crippen LogP) is 4.41. The number of aromatic nitrogens is 4. The molecular formula is C25H29F2N7O3S. The third kappa shape index (κ3) is 4.98. The molecule has 2 aromatic heterocycles. The Hall–Kier alpha value is -3.48. The fourth-order valence-corrected chi connectivity index (χ4v) is 5.78. The van der Waals surface area contributed by atoms with E-state index in [4.69, 9.17) is 0 Å². The monoisotopic (exact) mass is 545 g/mol. The van der Waals surface area contributed by atoms with Gasteiger partial charge in [0.25, 0.3) is 6.43 Å². The zero-order chi connectivity index (χ0) is 27.0. The summed E-state index contributed by atoms with van der Waals surface area (Å²) in [6.45, 7) is 0.557. The molecule has 0 radical (unpaired) electrons. The molecule has 2 aliphatic rings. The first kappa shape index (κ1) is 26.1. The van der Waals surface area contributed by atoms with Gasteiger partial charge in [-0.25, -0.2) is 28.5 Å². The fraction of sp³-hybridized carbons (Fsp3) is 0.480. The summed E-state index contributed by atoms with van der Waals surface area (Å²) in [7, 11) is 1.44. The summed E-state index contributed by atoms with van der Waals surface area (Å²) in [6.07, 6.45) is 1.60. The van der Waals surface area contributed by atoms with Crippen LogP contribution in [0.5, 0.6) is 0 Å². The number of nitrogens with zero attached hydrogens (tertiary/aromatic N) is 6. The van der Waals surface area contributed by atoms with Gasteiger partial charge in [-0.3, -0.25) is 14.3 Å². The summed E-state index contributed by atoms with van der Waals surface area (Å²) >= 11 is 1.32. The van der Waals surface area contributed by atoms with Gasteiger partial charge in [-0.2, -0.15) is 0 Å². The van der Waals surface area contributed by atoms with E-state index in [1.54, 1.807) is 30.3 Å². The molecule has 0 unspecified atom stereocenters. The molecule has 38 heavy (non-hydrogen) atoms. The van der Waals surface area contributed by atoms with E-state index in [1.165, 1.54) is 23.4 Å². The minimum absolute atomic E-state index is 0.0707. The normalized spacial score (nSPS) is 21.9. The Morgan fingerprint density at radius 2 is 1.89 bits per heavy atom. The Kier molecular flexibility index (Phi) is 7.37. The number of carboxylic acid groups (broad SMARTS) is 1. The van der Waals surface area contributed by atoms with Crippen molar-refractivity contribution in [3.63, 3.8) is 0 Å². The van der Waals surface area contributed by atoms with Gasteiger partial charge in [-0.15, -0.1) is 0 Å². The summed E-state index contributed by atoms with van der Waals surface area (Å²) in [4.78, 5) is 40.2. The first-order valence-electron chi connectivity index (χ1n) is 12.5. The molecule has 2 N–H and O–H groups in total. The number of alkyl halides is 2. The number of fused-ring (bicyclic) bond motifs is 1. The zero-order valence-corrected chi connectivity index (χ0v) is 21.9. The van der Waals surface area contributed by atoms with Crippen LogP contribution in [-0.4, -0.2) is 84.4 Å². The number of rotatable bonds is 7. The number of halogens is 2. The average molecular weight is 546 g/mol. The molecular weight excluding hydrogens is 516 g/mol. The zero-order valence-electron chi connectivity index (χ0n) is 21.0.